The first kappa shape index (κ1) is 19.5. The molecule has 1 atom stereocenters. The van der Waals surface area contributed by atoms with E-state index in [2.05, 4.69) is 4.72 Å². The molecule has 0 saturated heterocycles. The van der Waals surface area contributed by atoms with E-state index < -0.39 is 22.0 Å². The second-order valence-corrected chi connectivity index (χ2v) is 8.05. The van der Waals surface area contributed by atoms with Gasteiger partial charge in [0.25, 0.3) is 0 Å². The Morgan fingerprint density at radius 2 is 1.75 bits per heavy atom. The zero-order valence-electron chi connectivity index (χ0n) is 14.8. The summed E-state index contributed by atoms with van der Waals surface area (Å²) in [6.45, 7) is 0. The van der Waals surface area contributed by atoms with Crippen molar-refractivity contribution in [2.75, 3.05) is 0 Å². The van der Waals surface area contributed by atoms with Gasteiger partial charge in [0.05, 0.1) is 4.90 Å². The van der Waals surface area contributed by atoms with Gasteiger partial charge in [-0.3, -0.25) is 10.2 Å². The molecule has 144 valence electrons. The predicted octanol–water partition coefficient (Wildman–Crippen LogP) is 2.10. The molecule has 0 spiro atoms. The number of sulfonamides is 1. The summed E-state index contributed by atoms with van der Waals surface area (Å²) < 4.78 is 27.7. The van der Waals surface area contributed by atoms with Crippen molar-refractivity contribution >= 4 is 32.6 Å². The molecule has 3 aromatic rings. The van der Waals surface area contributed by atoms with Crippen molar-refractivity contribution < 1.29 is 18.3 Å². The molecule has 0 fully saturated rings. The second kappa shape index (κ2) is 7.79. The van der Waals surface area contributed by atoms with Gasteiger partial charge in [0.1, 0.15) is 11.9 Å². The van der Waals surface area contributed by atoms with E-state index in [0.717, 1.165) is 10.8 Å². The molecular formula is C20H19N3O4S. The average Bonchev–Trinajstić information content (AvgIpc) is 2.67. The number of amidine groups is 1. The molecule has 0 saturated carbocycles. The van der Waals surface area contributed by atoms with Crippen LogP contribution < -0.4 is 10.5 Å². The van der Waals surface area contributed by atoms with Crippen molar-refractivity contribution in [2.24, 2.45) is 5.73 Å². The molecule has 0 bridgehead atoms. The first-order chi connectivity index (χ1) is 13.3. The van der Waals surface area contributed by atoms with Gasteiger partial charge in [0.15, 0.2) is 0 Å². The van der Waals surface area contributed by atoms with E-state index in [-0.39, 0.29) is 17.2 Å². The van der Waals surface area contributed by atoms with Crippen molar-refractivity contribution in [2.45, 2.75) is 17.4 Å². The molecule has 5 N–H and O–H groups in total. The number of aliphatic carboxylic acids is 1. The number of nitrogens with two attached hydrogens (primary N) is 1. The molecule has 0 aliphatic carbocycles. The number of carboxylic acids is 1. The number of hydrogen-bond donors (Lipinski definition) is 4. The summed E-state index contributed by atoms with van der Waals surface area (Å²) >= 11 is 0. The topological polar surface area (TPSA) is 133 Å². The van der Waals surface area contributed by atoms with E-state index in [1.165, 1.54) is 12.1 Å². The largest absolute Gasteiger partial charge is 0.480 e. The molecule has 7 nitrogen and oxygen atoms in total. The third-order valence-electron chi connectivity index (χ3n) is 4.30. The summed E-state index contributed by atoms with van der Waals surface area (Å²) in [6.07, 6.45) is -0.0801. The lowest BCUT2D eigenvalue weighted by atomic mass is 10.0. The summed E-state index contributed by atoms with van der Waals surface area (Å²) in [5.74, 6) is -1.44. The van der Waals surface area contributed by atoms with Crippen LogP contribution in [0.15, 0.2) is 71.6 Å². The molecule has 0 aromatic heterocycles. The zero-order chi connectivity index (χ0) is 20.3. The summed E-state index contributed by atoms with van der Waals surface area (Å²) in [5.41, 5.74) is 6.45. The van der Waals surface area contributed by atoms with Crippen molar-refractivity contribution in [3.8, 4) is 0 Å². The number of carboxylic acid groups (broad SMARTS) is 1. The highest BCUT2D eigenvalue weighted by molar-refractivity contribution is 7.89. The lowest BCUT2D eigenvalue weighted by Crippen LogP contribution is -2.42. The number of carbonyl (C=O) groups is 1. The van der Waals surface area contributed by atoms with E-state index in [1.54, 1.807) is 42.5 Å². The van der Waals surface area contributed by atoms with Crippen LogP contribution in [0.25, 0.3) is 10.8 Å². The van der Waals surface area contributed by atoms with Gasteiger partial charge in [-0.05, 0) is 41.0 Å². The van der Waals surface area contributed by atoms with Crippen LogP contribution in [0.2, 0.25) is 0 Å². The molecule has 3 rings (SSSR count). The maximum absolute atomic E-state index is 12.7. The van der Waals surface area contributed by atoms with Crippen molar-refractivity contribution in [1.29, 1.82) is 5.41 Å². The Labute approximate surface area is 162 Å². The molecule has 0 aliphatic heterocycles. The Kier molecular flexibility index (Phi) is 5.43. The third kappa shape index (κ3) is 4.36. The summed E-state index contributed by atoms with van der Waals surface area (Å²) in [4.78, 5) is 11.6. The minimum absolute atomic E-state index is 0.00469. The number of rotatable bonds is 7. The highest BCUT2D eigenvalue weighted by Crippen LogP contribution is 2.19. The van der Waals surface area contributed by atoms with Crippen LogP contribution in [0, 0.1) is 5.41 Å². The second-order valence-electron chi connectivity index (χ2n) is 6.34. The summed E-state index contributed by atoms with van der Waals surface area (Å²) in [7, 11) is -4.04. The quantitative estimate of drug-likeness (QED) is 0.358. The smallest absolute Gasteiger partial charge is 0.322 e. The van der Waals surface area contributed by atoms with E-state index in [4.69, 9.17) is 11.1 Å². The van der Waals surface area contributed by atoms with Crippen molar-refractivity contribution in [3.05, 3.63) is 77.9 Å². The minimum Gasteiger partial charge on any atom is -0.480 e. The highest BCUT2D eigenvalue weighted by Gasteiger charge is 2.26. The van der Waals surface area contributed by atoms with Crippen LogP contribution in [-0.2, 0) is 21.2 Å². The fraction of sp³-hybridized carbons (Fsp3) is 0.100. The third-order valence-corrected chi connectivity index (χ3v) is 5.77. The molecule has 28 heavy (non-hydrogen) atoms. The number of nitrogens with one attached hydrogen (secondary N) is 2. The molecule has 0 aliphatic rings. The fourth-order valence-electron chi connectivity index (χ4n) is 2.87. The number of hydrogen-bond acceptors (Lipinski definition) is 4. The average molecular weight is 397 g/mol. The maximum Gasteiger partial charge on any atom is 0.322 e. The van der Waals surface area contributed by atoms with E-state index in [9.17, 15) is 18.3 Å². The molecular weight excluding hydrogens is 378 g/mol. The Morgan fingerprint density at radius 3 is 2.43 bits per heavy atom. The van der Waals surface area contributed by atoms with E-state index in [1.807, 2.05) is 12.1 Å². The maximum atomic E-state index is 12.7. The monoisotopic (exact) mass is 397 g/mol. The minimum atomic E-state index is -4.04. The molecule has 8 heteroatoms. The van der Waals surface area contributed by atoms with Crippen LogP contribution in [0.5, 0.6) is 0 Å². The molecule has 0 heterocycles. The number of benzene rings is 3. The van der Waals surface area contributed by atoms with Gasteiger partial charge in [-0.1, -0.05) is 48.5 Å². The number of fused-ring (bicyclic) bond motifs is 1. The van der Waals surface area contributed by atoms with E-state index in [0.29, 0.717) is 11.1 Å². The van der Waals surface area contributed by atoms with Gasteiger partial charge < -0.3 is 10.8 Å². The summed E-state index contributed by atoms with van der Waals surface area (Å²) in [6, 6.07) is 17.1. The van der Waals surface area contributed by atoms with Gasteiger partial charge in [-0.15, -0.1) is 0 Å². The van der Waals surface area contributed by atoms with Gasteiger partial charge in [0.2, 0.25) is 10.0 Å². The lowest BCUT2D eigenvalue weighted by molar-refractivity contribution is -0.138. The van der Waals surface area contributed by atoms with Crippen LogP contribution in [-0.4, -0.2) is 31.4 Å². The Balaban J connectivity index is 1.87. The summed E-state index contributed by atoms with van der Waals surface area (Å²) in [5, 5.41) is 18.6. The van der Waals surface area contributed by atoms with Crippen LogP contribution in [0.3, 0.4) is 0 Å². The number of nitrogen functional groups attached to an aromatic ring is 1. The Morgan fingerprint density at radius 1 is 1.04 bits per heavy atom. The van der Waals surface area contributed by atoms with Gasteiger partial charge in [-0.25, -0.2) is 8.42 Å². The van der Waals surface area contributed by atoms with Crippen LogP contribution >= 0.6 is 0 Å². The van der Waals surface area contributed by atoms with Gasteiger partial charge in [-0.2, -0.15) is 4.72 Å². The fourth-order valence-corrected chi connectivity index (χ4v) is 4.09. The molecule has 0 radical (unpaired) electrons. The predicted molar refractivity (Wildman–Crippen MR) is 107 cm³/mol. The van der Waals surface area contributed by atoms with Crippen molar-refractivity contribution in [3.63, 3.8) is 0 Å². The van der Waals surface area contributed by atoms with Crippen molar-refractivity contribution in [1.82, 2.24) is 4.72 Å². The van der Waals surface area contributed by atoms with Gasteiger partial charge >= 0.3 is 5.97 Å². The first-order valence-corrected chi connectivity index (χ1v) is 9.92. The Hall–Kier alpha value is -3.23. The zero-order valence-corrected chi connectivity index (χ0v) is 15.6. The Bertz CT molecular complexity index is 1160. The normalized spacial score (nSPS) is 12.6. The molecule has 3 aromatic carbocycles. The molecule has 0 amide bonds. The van der Waals surface area contributed by atoms with Crippen LogP contribution in [0.4, 0.5) is 0 Å². The van der Waals surface area contributed by atoms with E-state index >= 15 is 0 Å². The lowest BCUT2D eigenvalue weighted by Gasteiger charge is -2.16. The molecule has 1 unspecified atom stereocenters. The first-order valence-electron chi connectivity index (χ1n) is 8.43. The van der Waals surface area contributed by atoms with Crippen LogP contribution in [0.1, 0.15) is 11.1 Å². The standard InChI is InChI=1S/C20H19N3O4S/c21-19(22)16-7-3-4-13(10-16)11-18(20(24)25)23-28(26,27)17-9-8-14-5-1-2-6-15(14)12-17/h1-10,12,18,23H,11H2,(H3,21,22)(H,24,25). The highest BCUT2D eigenvalue weighted by atomic mass is 32.2. The van der Waals surface area contributed by atoms with Gasteiger partial charge in [0, 0.05) is 5.56 Å². The SMILES string of the molecule is N=C(N)c1cccc(CC(NS(=O)(=O)c2ccc3ccccc3c2)C(=O)O)c1.